The molecule has 94 valence electrons. The zero-order valence-corrected chi connectivity index (χ0v) is 13.1. The lowest BCUT2D eigenvalue weighted by Crippen LogP contribution is -2.24. The van der Waals surface area contributed by atoms with Gasteiger partial charge in [-0.15, -0.1) is 34.3 Å². The maximum atomic E-state index is 11.7. The van der Waals surface area contributed by atoms with Gasteiger partial charge in [-0.1, -0.05) is 0 Å². The van der Waals surface area contributed by atoms with Crippen LogP contribution < -0.4 is 4.90 Å². The predicted octanol–water partition coefficient (Wildman–Crippen LogP) is 3.98. The molecule has 0 N–H and O–H groups in total. The number of carbonyl (C=O) groups excluding carboxylic acids is 1. The number of rotatable bonds is 2. The Morgan fingerprint density at radius 3 is 2.94 bits per heavy atom. The first-order valence-electron chi connectivity index (χ1n) is 5.29. The zero-order valence-electron chi connectivity index (χ0n) is 9.10. The number of nitrogens with zero attached hydrogens (tertiary/aromatic N) is 2. The third-order valence-corrected chi connectivity index (χ3v) is 5.43. The average Bonchev–Trinajstić information content (AvgIpc) is 2.98. The molecule has 2 aromatic rings. The molecule has 0 aliphatic carbocycles. The summed E-state index contributed by atoms with van der Waals surface area (Å²) in [4.78, 5) is 19.0. The standard InChI is InChI=1S/C11H8BrClN2OS2/c12-9-2-1-8(18-9)7-5-17-11(14-7)15-4-6(13)3-10(15)16/h1-2,5-6H,3-4H2. The maximum absolute atomic E-state index is 11.7. The topological polar surface area (TPSA) is 33.2 Å². The lowest BCUT2D eigenvalue weighted by molar-refractivity contribution is -0.117. The molecular weight excluding hydrogens is 356 g/mol. The van der Waals surface area contributed by atoms with Crippen molar-refractivity contribution in [2.24, 2.45) is 0 Å². The van der Waals surface area contributed by atoms with Crippen molar-refractivity contribution in [2.45, 2.75) is 11.8 Å². The normalized spacial score (nSPS) is 19.8. The third-order valence-electron chi connectivity index (χ3n) is 2.63. The molecule has 7 heteroatoms. The van der Waals surface area contributed by atoms with Crippen molar-refractivity contribution in [1.82, 2.24) is 4.98 Å². The minimum Gasteiger partial charge on any atom is -0.287 e. The summed E-state index contributed by atoms with van der Waals surface area (Å²) in [6.45, 7) is 0.557. The van der Waals surface area contributed by atoms with Crippen LogP contribution in [-0.2, 0) is 4.79 Å². The number of thiophene rings is 1. The van der Waals surface area contributed by atoms with Gasteiger partial charge in [0.2, 0.25) is 5.91 Å². The quantitative estimate of drug-likeness (QED) is 0.756. The van der Waals surface area contributed by atoms with Crippen LogP contribution in [0.15, 0.2) is 21.3 Å². The van der Waals surface area contributed by atoms with Crippen molar-refractivity contribution in [3.63, 3.8) is 0 Å². The van der Waals surface area contributed by atoms with E-state index in [1.807, 2.05) is 17.5 Å². The number of amides is 1. The summed E-state index contributed by atoms with van der Waals surface area (Å²) in [7, 11) is 0. The molecule has 0 bridgehead atoms. The van der Waals surface area contributed by atoms with Gasteiger partial charge in [-0.25, -0.2) is 4.98 Å². The van der Waals surface area contributed by atoms with Crippen LogP contribution in [0.25, 0.3) is 10.6 Å². The van der Waals surface area contributed by atoms with E-state index < -0.39 is 0 Å². The molecule has 1 unspecified atom stereocenters. The van der Waals surface area contributed by atoms with Gasteiger partial charge in [0, 0.05) is 18.3 Å². The van der Waals surface area contributed by atoms with Gasteiger partial charge in [-0.2, -0.15) is 0 Å². The molecule has 0 radical (unpaired) electrons. The number of hydrogen-bond acceptors (Lipinski definition) is 4. The molecule has 1 aliphatic rings. The first-order chi connectivity index (χ1) is 8.63. The summed E-state index contributed by atoms with van der Waals surface area (Å²) in [6.07, 6.45) is 0.404. The van der Waals surface area contributed by atoms with Crippen molar-refractivity contribution >= 4 is 61.2 Å². The van der Waals surface area contributed by atoms with Crippen molar-refractivity contribution in [3.8, 4) is 10.6 Å². The molecule has 1 fully saturated rings. The largest absolute Gasteiger partial charge is 0.287 e. The van der Waals surface area contributed by atoms with Gasteiger partial charge < -0.3 is 0 Å². The molecule has 1 aliphatic heterocycles. The van der Waals surface area contributed by atoms with Gasteiger partial charge in [0.15, 0.2) is 5.13 Å². The fourth-order valence-electron chi connectivity index (χ4n) is 1.80. The van der Waals surface area contributed by atoms with E-state index >= 15 is 0 Å². The van der Waals surface area contributed by atoms with Crippen molar-refractivity contribution in [1.29, 1.82) is 0 Å². The van der Waals surface area contributed by atoms with Crippen LogP contribution in [0, 0.1) is 0 Å². The monoisotopic (exact) mass is 362 g/mol. The Morgan fingerprint density at radius 1 is 1.50 bits per heavy atom. The predicted molar refractivity (Wildman–Crippen MR) is 79.7 cm³/mol. The number of aromatic nitrogens is 1. The second-order valence-electron chi connectivity index (χ2n) is 3.92. The Morgan fingerprint density at radius 2 is 2.33 bits per heavy atom. The minimum absolute atomic E-state index is 0.0586. The second-order valence-corrected chi connectivity index (χ2v) is 7.84. The van der Waals surface area contributed by atoms with E-state index in [-0.39, 0.29) is 11.3 Å². The zero-order chi connectivity index (χ0) is 12.7. The van der Waals surface area contributed by atoms with Crippen LogP contribution in [0.5, 0.6) is 0 Å². The summed E-state index contributed by atoms with van der Waals surface area (Å²) in [5, 5.41) is 2.62. The number of hydrogen-bond donors (Lipinski definition) is 0. The highest BCUT2D eigenvalue weighted by Gasteiger charge is 2.31. The lowest BCUT2D eigenvalue weighted by atomic mass is 10.4. The Labute approximate surface area is 126 Å². The average molecular weight is 364 g/mol. The summed E-state index contributed by atoms with van der Waals surface area (Å²) < 4.78 is 1.07. The first-order valence-corrected chi connectivity index (χ1v) is 8.22. The molecule has 2 aromatic heterocycles. The van der Waals surface area contributed by atoms with E-state index in [1.165, 1.54) is 11.3 Å². The van der Waals surface area contributed by atoms with Gasteiger partial charge in [0.1, 0.15) is 0 Å². The van der Waals surface area contributed by atoms with Crippen LogP contribution in [-0.4, -0.2) is 22.8 Å². The number of carbonyl (C=O) groups is 1. The molecule has 3 rings (SSSR count). The Hall–Kier alpha value is -0.430. The second kappa shape index (κ2) is 4.92. The molecular formula is C11H8BrClN2OS2. The van der Waals surface area contributed by atoms with Crippen molar-refractivity contribution in [2.75, 3.05) is 11.4 Å². The molecule has 1 saturated heterocycles. The van der Waals surface area contributed by atoms with Gasteiger partial charge in [0.05, 0.1) is 19.7 Å². The van der Waals surface area contributed by atoms with E-state index in [0.717, 1.165) is 19.5 Å². The Balaban J connectivity index is 1.88. The van der Waals surface area contributed by atoms with Crippen molar-refractivity contribution < 1.29 is 4.79 Å². The molecule has 3 heterocycles. The molecule has 1 amide bonds. The molecule has 1 atom stereocenters. The van der Waals surface area contributed by atoms with Crippen LogP contribution in [0.1, 0.15) is 6.42 Å². The highest BCUT2D eigenvalue weighted by molar-refractivity contribution is 9.11. The first kappa shape index (κ1) is 12.6. The smallest absolute Gasteiger partial charge is 0.230 e. The third kappa shape index (κ3) is 2.34. The fraction of sp³-hybridized carbons (Fsp3) is 0.273. The highest BCUT2D eigenvalue weighted by Crippen LogP contribution is 2.35. The number of alkyl halides is 1. The SMILES string of the molecule is O=C1CC(Cl)CN1c1nc(-c2ccc(Br)s2)cs1. The van der Waals surface area contributed by atoms with Crippen LogP contribution >= 0.6 is 50.2 Å². The van der Waals surface area contributed by atoms with E-state index in [9.17, 15) is 4.79 Å². The summed E-state index contributed by atoms with van der Waals surface area (Å²) in [5.41, 5.74) is 0.913. The van der Waals surface area contributed by atoms with Gasteiger partial charge in [0.25, 0.3) is 0 Å². The number of thiazole rings is 1. The lowest BCUT2D eigenvalue weighted by Gasteiger charge is -2.10. The Kier molecular flexibility index (Phi) is 3.44. The fourth-order valence-corrected chi connectivity index (χ4v) is 4.34. The summed E-state index contributed by atoms with van der Waals surface area (Å²) in [5.74, 6) is 0.0586. The van der Waals surface area contributed by atoms with E-state index in [1.54, 1.807) is 16.2 Å². The highest BCUT2D eigenvalue weighted by atomic mass is 79.9. The maximum Gasteiger partial charge on any atom is 0.230 e. The van der Waals surface area contributed by atoms with E-state index in [2.05, 4.69) is 20.9 Å². The van der Waals surface area contributed by atoms with Crippen LogP contribution in [0.3, 0.4) is 0 Å². The van der Waals surface area contributed by atoms with E-state index in [0.29, 0.717) is 13.0 Å². The summed E-state index contributed by atoms with van der Waals surface area (Å²) in [6, 6.07) is 4.01. The number of anilines is 1. The Bertz CT molecular complexity index is 597. The van der Waals surface area contributed by atoms with Crippen LogP contribution in [0.4, 0.5) is 5.13 Å². The van der Waals surface area contributed by atoms with Crippen LogP contribution in [0.2, 0.25) is 0 Å². The van der Waals surface area contributed by atoms with Gasteiger partial charge in [-0.05, 0) is 28.1 Å². The molecule has 0 saturated carbocycles. The molecule has 18 heavy (non-hydrogen) atoms. The molecule has 0 spiro atoms. The van der Waals surface area contributed by atoms with Gasteiger partial charge >= 0.3 is 0 Å². The molecule has 0 aromatic carbocycles. The molecule has 3 nitrogen and oxygen atoms in total. The van der Waals surface area contributed by atoms with E-state index in [4.69, 9.17) is 11.6 Å². The van der Waals surface area contributed by atoms with Crippen molar-refractivity contribution in [3.05, 3.63) is 21.3 Å². The summed E-state index contributed by atoms with van der Waals surface area (Å²) >= 11 is 12.5. The minimum atomic E-state index is -0.0965. The van der Waals surface area contributed by atoms with Gasteiger partial charge in [-0.3, -0.25) is 9.69 Å². The number of halogens is 2.